The molecule has 0 radical (unpaired) electrons. The fourth-order valence-corrected chi connectivity index (χ4v) is 19.1. The first-order valence-corrected chi connectivity index (χ1v) is 49.0. The molecule has 3 amide bonds. The maximum atomic E-state index is 12.8. The lowest BCUT2D eigenvalue weighted by molar-refractivity contribution is -0.129. The Hall–Kier alpha value is -14.8. The molecule has 0 saturated carbocycles. The molecule has 3 unspecified atom stereocenters. The van der Waals surface area contributed by atoms with Crippen LogP contribution in [0.1, 0.15) is 129 Å². The molecular weight excluding hydrogens is 1860 g/mol. The fraction of sp³-hybridized carbons (Fsp3) is 0.277. The molecule has 0 bridgehead atoms. The summed E-state index contributed by atoms with van der Waals surface area (Å²) in [5, 5.41) is 22.2. The molecule has 0 spiro atoms. The molecule has 3 saturated heterocycles. The van der Waals surface area contributed by atoms with Gasteiger partial charge in [0.1, 0.15) is 45.1 Å². The number of benzene rings is 8. The maximum absolute atomic E-state index is 12.8. The summed E-state index contributed by atoms with van der Waals surface area (Å²) in [5.74, 6) is 6.01. The van der Waals surface area contributed by atoms with Crippen LogP contribution < -0.4 is 24.3 Å². The van der Waals surface area contributed by atoms with Crippen LogP contribution in [0.15, 0.2) is 285 Å². The van der Waals surface area contributed by atoms with Gasteiger partial charge in [-0.1, -0.05) is 210 Å². The number of fused-ring (bicyclic) bond motifs is 5. The van der Waals surface area contributed by atoms with Crippen molar-refractivity contribution in [3.05, 3.63) is 336 Å². The van der Waals surface area contributed by atoms with E-state index in [0.29, 0.717) is 81.4 Å². The number of ether oxygens (including phenoxy) is 4. The standard InChI is InChI=1S/C28H30N4O2.C21H18ClN3O.C21H19N3O2.C20H22N4O.C15H14BrN3O2.C7H13NO/c1-3-7-21-14-26(33)31(17-21)18-25-24(22-8-5-4-6-9-22)15-29-28-27(25)30-19-32(28)16-20-10-12-23(34-2)13-11-20;1-26-17-9-7-15(8-10-17)13-25-14-24-20-18(11-22)19(12-23-21(20)25)16-5-3-2-4-6-16;1-26-17-9-7-15(8-10-17)12-24-14-23-20-19(13-25)18(11-22-21(20)24)16-5-3-2-4-6-16;1-2-6-14-9-18(25)24(11-14)12-17-16(15-7-4-3-5-8-15)10-21-20-19(17)22-13-23-20;1-21-11-4-2-10(3-5-11)7-19-9-18-14-12(8-20)13(16)6-17-15(14)19;1-2-3-6-4-7(9)8-5-6/h4-6,8-13,15,19,21H,3,7,14,16-18H2,1-2H3;2-10,12,14H,11,13H2,1H3;2-11,14,25H,12-13H2,1H3;3-5,7-8,10,13-14H,2,6,9,11-12H2,1H3,(H,21,22,23);2-6,9,20H,7-8H2,1H3;6H,2-5H2,1H3,(H,8,9). The number of rotatable bonds is 29. The Bertz CT molecular complexity index is 7020. The third kappa shape index (κ3) is 24.2. The van der Waals surface area contributed by atoms with Crippen molar-refractivity contribution in [2.75, 3.05) is 48.1 Å². The van der Waals surface area contributed by atoms with Gasteiger partial charge < -0.3 is 67.5 Å². The maximum Gasteiger partial charge on any atom is 0.223 e. The SMILES string of the molecule is CCCC1CC(=O)N(Cc2c(-c3ccccc3)cnc3c2ncn3Cc2ccc(OC)cc2)C1.CCCC1CC(=O)N(Cc2c(-c3ccccc3)cnc3nc[nH]c23)C1.CCCC1CNC(=O)C1.COc1ccc(Cn2cnc3c(CCl)c(-c4ccccc4)cnc32)cc1.COc1ccc(Cn2cnc3c(CO)c(-c4ccccc4)cnc32)cc1.COc1ccc(Cn2cnc3c(CO)c(Br)cnc32)cc1. The van der Waals surface area contributed by atoms with Crippen molar-refractivity contribution >= 4 is 101 Å². The summed E-state index contributed by atoms with van der Waals surface area (Å²) < 4.78 is 29.7. The number of halogens is 2. The number of alkyl halides is 1. The number of likely N-dealkylation sites (tertiary alicyclic amines) is 2. The zero-order chi connectivity index (χ0) is 98.1. The lowest BCUT2D eigenvalue weighted by Crippen LogP contribution is -2.25. The highest BCUT2D eigenvalue weighted by molar-refractivity contribution is 9.10. The number of carbonyl (C=O) groups is 3. The van der Waals surface area contributed by atoms with Crippen LogP contribution in [0.25, 0.3) is 100 Å². The van der Waals surface area contributed by atoms with Crippen molar-refractivity contribution in [2.24, 2.45) is 17.8 Å². The molecule has 10 aromatic heterocycles. The highest BCUT2D eigenvalue weighted by Crippen LogP contribution is 2.38. The van der Waals surface area contributed by atoms with Crippen molar-refractivity contribution < 1.29 is 43.5 Å². The van der Waals surface area contributed by atoms with Crippen LogP contribution in [0.3, 0.4) is 0 Å². The van der Waals surface area contributed by atoms with Crippen LogP contribution in [-0.4, -0.2) is 159 Å². The molecule has 3 atom stereocenters. The number of amides is 3. The molecule has 141 heavy (non-hydrogen) atoms. The van der Waals surface area contributed by atoms with E-state index < -0.39 is 0 Å². The summed E-state index contributed by atoms with van der Waals surface area (Å²) in [5.41, 5.74) is 25.7. The number of hydrogen-bond acceptors (Lipinski definition) is 19. The van der Waals surface area contributed by atoms with E-state index in [4.69, 9.17) is 40.5 Å². The number of nitrogens with zero attached hydrogens (tertiary/aromatic N) is 16. The van der Waals surface area contributed by atoms with Gasteiger partial charge in [-0.2, -0.15) is 0 Å². The summed E-state index contributed by atoms with van der Waals surface area (Å²) in [6.07, 6.45) is 27.0. The van der Waals surface area contributed by atoms with E-state index in [2.05, 4.69) is 140 Å². The number of aliphatic hydroxyl groups excluding tert-OH is 2. The number of hydrogen-bond donors (Lipinski definition) is 4. The smallest absolute Gasteiger partial charge is 0.223 e. The zero-order valence-electron chi connectivity index (χ0n) is 80.3. The van der Waals surface area contributed by atoms with Crippen LogP contribution in [-0.2, 0) is 72.7 Å². The molecule has 4 N–H and O–H groups in total. The summed E-state index contributed by atoms with van der Waals surface area (Å²) in [7, 11) is 6.64. The number of imidazole rings is 5. The molecule has 8 aromatic carbocycles. The van der Waals surface area contributed by atoms with Gasteiger partial charge in [0.15, 0.2) is 28.2 Å². The number of aromatic nitrogens is 15. The van der Waals surface area contributed by atoms with Crippen molar-refractivity contribution in [3.63, 3.8) is 0 Å². The van der Waals surface area contributed by atoms with Crippen LogP contribution >= 0.6 is 27.5 Å². The van der Waals surface area contributed by atoms with Gasteiger partial charge in [0.05, 0.1) is 111 Å². The summed E-state index contributed by atoms with van der Waals surface area (Å²) in [6, 6.07) is 72.4. The van der Waals surface area contributed by atoms with Crippen molar-refractivity contribution in [3.8, 4) is 67.5 Å². The van der Waals surface area contributed by atoms with E-state index in [0.717, 1.165) is 224 Å². The number of pyridine rings is 5. The number of methoxy groups -OCH3 is 4. The van der Waals surface area contributed by atoms with E-state index in [-0.39, 0.29) is 30.9 Å². The van der Waals surface area contributed by atoms with Crippen molar-refractivity contribution in [1.82, 2.24) is 88.2 Å². The van der Waals surface area contributed by atoms with Gasteiger partial charge in [0.2, 0.25) is 17.7 Å². The second-order valence-electron chi connectivity index (χ2n) is 35.2. The molecular formula is C112H116BrClN18O9. The van der Waals surface area contributed by atoms with Crippen LogP contribution in [0.5, 0.6) is 23.0 Å². The Balaban J connectivity index is 0.000000125. The van der Waals surface area contributed by atoms with Gasteiger partial charge in [-0.25, -0.2) is 49.8 Å². The number of H-pyrrole nitrogens is 1. The van der Waals surface area contributed by atoms with Gasteiger partial charge in [-0.3, -0.25) is 14.4 Å². The summed E-state index contributed by atoms with van der Waals surface area (Å²) >= 11 is 9.66. The molecule has 21 rings (SSSR count). The third-order valence-corrected chi connectivity index (χ3v) is 26.7. The minimum Gasteiger partial charge on any atom is -0.497 e. The Morgan fingerprint density at radius 2 is 0.695 bits per heavy atom. The molecule has 18 aromatic rings. The fourth-order valence-electron chi connectivity index (χ4n) is 18.4. The topological polar surface area (TPSA) is 312 Å². The minimum absolute atomic E-state index is 0.0703. The molecule has 0 aliphatic carbocycles. The first-order chi connectivity index (χ1) is 69.1. The van der Waals surface area contributed by atoms with Gasteiger partial charge in [-0.15, -0.1) is 11.6 Å². The van der Waals surface area contributed by atoms with Crippen LogP contribution in [0.4, 0.5) is 0 Å². The quantitative estimate of drug-likeness (QED) is 0.0317. The molecule has 3 fully saturated rings. The number of nitrogens with one attached hydrogen (secondary N) is 2. The molecule has 722 valence electrons. The van der Waals surface area contributed by atoms with E-state index >= 15 is 0 Å². The average Bonchev–Trinajstić information content (AvgIpc) is 1.40. The van der Waals surface area contributed by atoms with Crippen molar-refractivity contribution in [2.45, 2.75) is 137 Å². The van der Waals surface area contributed by atoms with Gasteiger partial charge in [0.25, 0.3) is 0 Å². The average molecular weight is 1970 g/mol. The van der Waals surface area contributed by atoms with Gasteiger partial charge >= 0.3 is 0 Å². The summed E-state index contributed by atoms with van der Waals surface area (Å²) in [6.45, 7) is 12.8. The Labute approximate surface area is 833 Å². The number of aliphatic hydroxyl groups is 2. The van der Waals surface area contributed by atoms with Gasteiger partial charge in [0, 0.05) is 138 Å². The zero-order valence-corrected chi connectivity index (χ0v) is 82.6. The van der Waals surface area contributed by atoms with Crippen LogP contribution in [0, 0.1) is 17.8 Å². The highest BCUT2D eigenvalue weighted by atomic mass is 79.9. The van der Waals surface area contributed by atoms with E-state index in [1.54, 1.807) is 53.6 Å². The van der Waals surface area contributed by atoms with E-state index in [1.165, 1.54) is 12.8 Å². The largest absolute Gasteiger partial charge is 0.497 e. The first kappa shape index (κ1) is 99.2. The first-order valence-electron chi connectivity index (χ1n) is 47.7. The summed E-state index contributed by atoms with van der Waals surface area (Å²) in [4.78, 5) is 88.7. The molecule has 3 aliphatic rings. The second kappa shape index (κ2) is 48.2. The lowest BCUT2D eigenvalue weighted by Gasteiger charge is -2.19. The number of aromatic amines is 1. The van der Waals surface area contributed by atoms with E-state index in [9.17, 15) is 24.6 Å². The van der Waals surface area contributed by atoms with E-state index in [1.807, 2.05) is 231 Å². The molecule has 13 heterocycles. The monoisotopic (exact) mass is 1970 g/mol. The predicted molar refractivity (Wildman–Crippen MR) is 556 cm³/mol. The van der Waals surface area contributed by atoms with Crippen molar-refractivity contribution in [1.29, 1.82) is 0 Å². The normalized spacial score (nSPS) is 14.3. The highest BCUT2D eigenvalue weighted by Gasteiger charge is 2.33. The number of carbonyl (C=O) groups excluding carboxylic acids is 3. The van der Waals surface area contributed by atoms with Crippen LogP contribution in [0.2, 0.25) is 0 Å². The Morgan fingerprint density at radius 3 is 1.05 bits per heavy atom. The molecule has 27 nitrogen and oxygen atoms in total. The Kier molecular flexibility index (Phi) is 33.9. The third-order valence-electron chi connectivity index (χ3n) is 25.7. The minimum atomic E-state index is -0.0806. The molecule has 3 aliphatic heterocycles. The molecule has 29 heteroatoms. The predicted octanol–water partition coefficient (Wildman–Crippen LogP) is 21.3. The lowest BCUT2D eigenvalue weighted by atomic mass is 10.0. The van der Waals surface area contributed by atoms with Gasteiger partial charge in [-0.05, 0) is 146 Å². The second-order valence-corrected chi connectivity index (χ2v) is 36.3. The Morgan fingerprint density at radius 1 is 0.369 bits per heavy atom.